The molecule has 1 aliphatic carbocycles. The fourth-order valence-electron chi connectivity index (χ4n) is 2.40. The van der Waals surface area contributed by atoms with E-state index in [4.69, 9.17) is 0 Å². The van der Waals surface area contributed by atoms with Gasteiger partial charge in [-0.25, -0.2) is 0 Å². The lowest BCUT2D eigenvalue weighted by molar-refractivity contribution is 0.0963. The largest absolute Gasteiger partial charge is 0.355 e. The molecule has 0 fully saturated rings. The van der Waals surface area contributed by atoms with Gasteiger partial charge >= 0.3 is 0 Å². The van der Waals surface area contributed by atoms with Gasteiger partial charge in [0.2, 0.25) is 0 Å². The molecule has 2 aromatic carbocycles. The molecular formula is C15H11NO2. The normalized spacial score (nSPS) is 11.9. The number of fused-ring (bicyclic) bond motifs is 3. The minimum atomic E-state index is -0.170. The van der Waals surface area contributed by atoms with E-state index in [1.54, 1.807) is 31.3 Å². The van der Waals surface area contributed by atoms with Gasteiger partial charge in [-0.1, -0.05) is 36.4 Å². The van der Waals surface area contributed by atoms with Crippen LogP contribution in [0.3, 0.4) is 0 Å². The zero-order chi connectivity index (χ0) is 12.7. The summed E-state index contributed by atoms with van der Waals surface area (Å²) in [4.78, 5) is 24.1. The average Bonchev–Trinajstić information content (AvgIpc) is 2.72. The van der Waals surface area contributed by atoms with Crippen molar-refractivity contribution in [3.8, 4) is 11.1 Å². The summed E-state index contributed by atoms with van der Waals surface area (Å²) >= 11 is 0. The zero-order valence-electron chi connectivity index (χ0n) is 9.86. The van der Waals surface area contributed by atoms with E-state index in [1.165, 1.54) is 0 Å². The Morgan fingerprint density at radius 1 is 0.944 bits per heavy atom. The number of rotatable bonds is 1. The molecule has 0 atom stereocenters. The van der Waals surface area contributed by atoms with Crippen LogP contribution in [0.1, 0.15) is 26.3 Å². The molecule has 18 heavy (non-hydrogen) atoms. The van der Waals surface area contributed by atoms with Crippen molar-refractivity contribution in [3.63, 3.8) is 0 Å². The van der Waals surface area contributed by atoms with E-state index in [1.807, 2.05) is 18.2 Å². The Bertz CT molecular complexity index is 674. The van der Waals surface area contributed by atoms with Crippen LogP contribution in [0, 0.1) is 0 Å². The molecule has 0 bridgehead atoms. The maximum absolute atomic E-state index is 12.2. The number of hydrogen-bond donors (Lipinski definition) is 1. The molecule has 88 valence electrons. The second-order valence-corrected chi connectivity index (χ2v) is 4.18. The van der Waals surface area contributed by atoms with Crippen LogP contribution in [0.4, 0.5) is 0 Å². The third-order valence-electron chi connectivity index (χ3n) is 3.22. The Kier molecular flexibility index (Phi) is 2.27. The quantitative estimate of drug-likeness (QED) is 0.705. The van der Waals surface area contributed by atoms with Gasteiger partial charge in [-0.3, -0.25) is 9.59 Å². The summed E-state index contributed by atoms with van der Waals surface area (Å²) < 4.78 is 0. The van der Waals surface area contributed by atoms with Crippen LogP contribution in [-0.2, 0) is 0 Å². The molecule has 0 aliphatic heterocycles. The van der Waals surface area contributed by atoms with Crippen molar-refractivity contribution in [2.75, 3.05) is 7.05 Å². The van der Waals surface area contributed by atoms with E-state index in [0.717, 1.165) is 11.1 Å². The van der Waals surface area contributed by atoms with Gasteiger partial charge in [0, 0.05) is 29.3 Å². The number of amides is 1. The average molecular weight is 237 g/mol. The second-order valence-electron chi connectivity index (χ2n) is 4.18. The SMILES string of the molecule is CNC(=O)c1cccc2c1-c1ccccc1C2=O. The fraction of sp³-hybridized carbons (Fsp3) is 0.0667. The molecule has 3 heteroatoms. The molecule has 0 heterocycles. The molecular weight excluding hydrogens is 226 g/mol. The van der Waals surface area contributed by atoms with E-state index >= 15 is 0 Å². The van der Waals surface area contributed by atoms with Crippen molar-refractivity contribution in [3.05, 3.63) is 59.2 Å². The molecule has 0 aromatic heterocycles. The lowest BCUT2D eigenvalue weighted by Crippen LogP contribution is -2.18. The summed E-state index contributed by atoms with van der Waals surface area (Å²) in [6.45, 7) is 0. The molecule has 0 saturated carbocycles. The Balaban J connectivity index is 2.35. The minimum absolute atomic E-state index is 0.00801. The first-order chi connectivity index (χ1) is 8.74. The topological polar surface area (TPSA) is 46.2 Å². The minimum Gasteiger partial charge on any atom is -0.355 e. The molecule has 0 radical (unpaired) electrons. The highest BCUT2D eigenvalue weighted by molar-refractivity contribution is 6.24. The standard InChI is InChI=1S/C15H11NO2/c1-16-15(18)12-8-4-7-11-13(12)9-5-2-3-6-10(9)14(11)17/h2-8H,1H3,(H,16,18). The highest BCUT2D eigenvalue weighted by Gasteiger charge is 2.29. The molecule has 3 rings (SSSR count). The molecule has 1 N–H and O–H groups in total. The zero-order valence-corrected chi connectivity index (χ0v) is 9.86. The Labute approximate surface area is 104 Å². The summed E-state index contributed by atoms with van der Waals surface area (Å²) in [6, 6.07) is 12.6. The van der Waals surface area contributed by atoms with Crippen LogP contribution in [0.5, 0.6) is 0 Å². The van der Waals surface area contributed by atoms with Crippen LogP contribution in [0.2, 0.25) is 0 Å². The van der Waals surface area contributed by atoms with Gasteiger partial charge < -0.3 is 5.32 Å². The number of hydrogen-bond acceptors (Lipinski definition) is 2. The van der Waals surface area contributed by atoms with E-state index in [9.17, 15) is 9.59 Å². The van der Waals surface area contributed by atoms with E-state index in [-0.39, 0.29) is 11.7 Å². The van der Waals surface area contributed by atoms with Gasteiger partial charge in [0.15, 0.2) is 5.78 Å². The first-order valence-electron chi connectivity index (χ1n) is 5.73. The maximum Gasteiger partial charge on any atom is 0.251 e. The van der Waals surface area contributed by atoms with Gasteiger partial charge in [0.1, 0.15) is 0 Å². The highest BCUT2D eigenvalue weighted by Crippen LogP contribution is 2.38. The summed E-state index contributed by atoms with van der Waals surface area (Å²) in [6.07, 6.45) is 0. The fourth-order valence-corrected chi connectivity index (χ4v) is 2.40. The third-order valence-corrected chi connectivity index (χ3v) is 3.22. The van der Waals surface area contributed by atoms with Crippen molar-refractivity contribution in [2.45, 2.75) is 0 Å². The van der Waals surface area contributed by atoms with Crippen molar-refractivity contribution in [2.24, 2.45) is 0 Å². The number of ketones is 1. The lowest BCUT2D eigenvalue weighted by Gasteiger charge is -2.07. The molecule has 3 nitrogen and oxygen atoms in total. The van der Waals surface area contributed by atoms with Crippen LogP contribution in [-0.4, -0.2) is 18.7 Å². The van der Waals surface area contributed by atoms with Crippen molar-refractivity contribution >= 4 is 11.7 Å². The predicted octanol–water partition coefficient (Wildman–Crippen LogP) is 2.26. The van der Waals surface area contributed by atoms with E-state index in [0.29, 0.717) is 16.7 Å². The van der Waals surface area contributed by atoms with Crippen LogP contribution in [0.15, 0.2) is 42.5 Å². The number of carbonyl (C=O) groups excluding carboxylic acids is 2. The lowest BCUT2D eigenvalue weighted by atomic mass is 9.99. The number of nitrogens with one attached hydrogen (secondary N) is 1. The number of benzene rings is 2. The second kappa shape index (κ2) is 3.81. The Hall–Kier alpha value is -2.42. The highest BCUT2D eigenvalue weighted by atomic mass is 16.1. The maximum atomic E-state index is 12.2. The van der Waals surface area contributed by atoms with Gasteiger partial charge in [0.25, 0.3) is 5.91 Å². The molecule has 2 aromatic rings. The molecule has 0 unspecified atom stereocenters. The third kappa shape index (κ3) is 1.31. The van der Waals surface area contributed by atoms with E-state index in [2.05, 4.69) is 5.32 Å². The van der Waals surface area contributed by atoms with Crippen molar-refractivity contribution in [1.29, 1.82) is 0 Å². The molecule has 0 saturated heterocycles. The molecule has 0 spiro atoms. The van der Waals surface area contributed by atoms with Crippen LogP contribution < -0.4 is 5.32 Å². The van der Waals surface area contributed by atoms with E-state index < -0.39 is 0 Å². The smallest absolute Gasteiger partial charge is 0.251 e. The van der Waals surface area contributed by atoms with Gasteiger partial charge in [-0.15, -0.1) is 0 Å². The van der Waals surface area contributed by atoms with Gasteiger partial charge in [-0.2, -0.15) is 0 Å². The predicted molar refractivity (Wildman–Crippen MR) is 68.7 cm³/mol. The molecule has 1 aliphatic rings. The summed E-state index contributed by atoms with van der Waals surface area (Å²) in [5, 5.41) is 2.61. The van der Waals surface area contributed by atoms with Crippen LogP contribution in [0.25, 0.3) is 11.1 Å². The molecule has 1 amide bonds. The van der Waals surface area contributed by atoms with Crippen molar-refractivity contribution < 1.29 is 9.59 Å². The van der Waals surface area contributed by atoms with Crippen molar-refractivity contribution in [1.82, 2.24) is 5.32 Å². The summed E-state index contributed by atoms with van der Waals surface area (Å²) in [5.74, 6) is -0.178. The summed E-state index contributed by atoms with van der Waals surface area (Å²) in [7, 11) is 1.59. The Morgan fingerprint density at radius 2 is 1.61 bits per heavy atom. The van der Waals surface area contributed by atoms with Gasteiger partial charge in [0.05, 0.1) is 0 Å². The first kappa shape index (κ1) is 10.7. The summed E-state index contributed by atoms with van der Waals surface area (Å²) in [5.41, 5.74) is 3.42. The first-order valence-corrected chi connectivity index (χ1v) is 5.73. The number of carbonyl (C=O) groups is 2. The van der Waals surface area contributed by atoms with Gasteiger partial charge in [-0.05, 0) is 11.6 Å². The Morgan fingerprint density at radius 3 is 2.33 bits per heavy atom. The van der Waals surface area contributed by atoms with Crippen LogP contribution >= 0.6 is 0 Å². The monoisotopic (exact) mass is 237 g/mol.